The lowest BCUT2D eigenvalue weighted by Gasteiger charge is -2.40. The predicted octanol–water partition coefficient (Wildman–Crippen LogP) is 3.82. The molecular weight excluding hydrogens is 292 g/mol. The van der Waals surface area contributed by atoms with Gasteiger partial charge in [0.25, 0.3) is 0 Å². The highest BCUT2D eigenvalue weighted by atomic mass is 16.5. The van der Waals surface area contributed by atoms with Crippen LogP contribution in [0.15, 0.2) is 0 Å². The number of hydrogen-bond donors (Lipinski definition) is 0. The van der Waals surface area contributed by atoms with Crippen LogP contribution in [0.5, 0.6) is 0 Å². The molecule has 0 saturated carbocycles. The SMILES string of the molecule is CCC1(COCCCCCCCOCC2(CC)COC2)COC1. The minimum Gasteiger partial charge on any atom is -0.381 e. The molecule has 0 unspecified atom stereocenters. The largest absolute Gasteiger partial charge is 0.381 e. The summed E-state index contributed by atoms with van der Waals surface area (Å²) in [4.78, 5) is 0. The lowest BCUT2D eigenvalue weighted by Crippen LogP contribution is -2.45. The van der Waals surface area contributed by atoms with Gasteiger partial charge in [-0.25, -0.2) is 0 Å². The van der Waals surface area contributed by atoms with E-state index < -0.39 is 0 Å². The molecule has 0 N–H and O–H groups in total. The topological polar surface area (TPSA) is 36.9 Å². The van der Waals surface area contributed by atoms with Gasteiger partial charge in [-0.1, -0.05) is 33.1 Å². The molecule has 2 aliphatic rings. The van der Waals surface area contributed by atoms with Crippen molar-refractivity contribution in [1.29, 1.82) is 0 Å². The molecule has 2 aliphatic heterocycles. The molecule has 0 spiro atoms. The van der Waals surface area contributed by atoms with Crippen LogP contribution >= 0.6 is 0 Å². The maximum absolute atomic E-state index is 5.83. The van der Waals surface area contributed by atoms with E-state index in [1.54, 1.807) is 0 Å². The number of hydrogen-bond acceptors (Lipinski definition) is 4. The van der Waals surface area contributed by atoms with E-state index in [1.165, 1.54) is 44.9 Å². The zero-order valence-electron chi connectivity index (χ0n) is 15.2. The van der Waals surface area contributed by atoms with Gasteiger partial charge in [-0.05, 0) is 25.7 Å². The van der Waals surface area contributed by atoms with E-state index in [2.05, 4.69) is 13.8 Å². The van der Waals surface area contributed by atoms with Gasteiger partial charge in [0.15, 0.2) is 0 Å². The lowest BCUT2D eigenvalue weighted by atomic mass is 9.84. The van der Waals surface area contributed by atoms with Crippen molar-refractivity contribution in [3.05, 3.63) is 0 Å². The van der Waals surface area contributed by atoms with Crippen molar-refractivity contribution in [2.75, 3.05) is 52.9 Å². The van der Waals surface area contributed by atoms with Gasteiger partial charge in [0.1, 0.15) is 0 Å². The summed E-state index contributed by atoms with van der Waals surface area (Å²) in [6, 6.07) is 0. The van der Waals surface area contributed by atoms with E-state index >= 15 is 0 Å². The van der Waals surface area contributed by atoms with Crippen molar-refractivity contribution in [2.24, 2.45) is 10.8 Å². The van der Waals surface area contributed by atoms with Crippen LogP contribution in [-0.4, -0.2) is 52.9 Å². The highest BCUT2D eigenvalue weighted by molar-refractivity contribution is 4.84. The molecule has 0 aliphatic carbocycles. The predicted molar refractivity (Wildman–Crippen MR) is 91.8 cm³/mol. The van der Waals surface area contributed by atoms with Crippen LogP contribution < -0.4 is 0 Å². The van der Waals surface area contributed by atoms with Crippen molar-refractivity contribution in [3.63, 3.8) is 0 Å². The summed E-state index contributed by atoms with van der Waals surface area (Å²) in [6.45, 7) is 11.5. The molecule has 2 heterocycles. The van der Waals surface area contributed by atoms with Crippen LogP contribution in [0.1, 0.15) is 58.8 Å². The molecule has 4 heteroatoms. The van der Waals surface area contributed by atoms with E-state index in [9.17, 15) is 0 Å². The van der Waals surface area contributed by atoms with Gasteiger partial charge in [-0.2, -0.15) is 0 Å². The zero-order chi connectivity index (χ0) is 16.4. The van der Waals surface area contributed by atoms with Gasteiger partial charge in [0.05, 0.1) is 39.6 Å². The molecule has 136 valence electrons. The Labute approximate surface area is 142 Å². The Morgan fingerprint density at radius 1 is 0.652 bits per heavy atom. The van der Waals surface area contributed by atoms with Gasteiger partial charge >= 0.3 is 0 Å². The smallest absolute Gasteiger partial charge is 0.0566 e. The Morgan fingerprint density at radius 3 is 1.35 bits per heavy atom. The average Bonchev–Trinajstić information content (AvgIpc) is 2.49. The Kier molecular flexibility index (Phi) is 8.31. The fourth-order valence-corrected chi connectivity index (χ4v) is 3.08. The van der Waals surface area contributed by atoms with Crippen LogP contribution in [0.25, 0.3) is 0 Å². The second kappa shape index (κ2) is 9.97. The minimum atomic E-state index is 0.332. The lowest BCUT2D eigenvalue weighted by molar-refractivity contribution is -0.150. The van der Waals surface area contributed by atoms with Crippen LogP contribution in [0.4, 0.5) is 0 Å². The number of ether oxygens (including phenoxy) is 4. The van der Waals surface area contributed by atoms with E-state index in [-0.39, 0.29) is 0 Å². The number of rotatable bonds is 14. The molecule has 23 heavy (non-hydrogen) atoms. The molecule has 0 bridgehead atoms. The summed E-state index contributed by atoms with van der Waals surface area (Å²) in [7, 11) is 0. The molecular formula is C19H36O4. The second-order valence-electron chi connectivity index (χ2n) is 7.57. The third kappa shape index (κ3) is 6.00. The first-order chi connectivity index (χ1) is 11.2. The van der Waals surface area contributed by atoms with Crippen molar-refractivity contribution in [1.82, 2.24) is 0 Å². The quantitative estimate of drug-likeness (QED) is 0.454. The van der Waals surface area contributed by atoms with Crippen molar-refractivity contribution in [2.45, 2.75) is 58.8 Å². The average molecular weight is 328 g/mol. The van der Waals surface area contributed by atoms with E-state index in [0.29, 0.717) is 10.8 Å². The molecule has 4 nitrogen and oxygen atoms in total. The van der Waals surface area contributed by atoms with Gasteiger partial charge < -0.3 is 18.9 Å². The summed E-state index contributed by atoms with van der Waals surface area (Å²) in [5.41, 5.74) is 0.664. The maximum atomic E-state index is 5.83. The summed E-state index contributed by atoms with van der Waals surface area (Å²) >= 11 is 0. The highest BCUT2D eigenvalue weighted by Crippen LogP contribution is 2.32. The van der Waals surface area contributed by atoms with Crippen LogP contribution in [0, 0.1) is 10.8 Å². The van der Waals surface area contributed by atoms with Crippen LogP contribution in [-0.2, 0) is 18.9 Å². The Hall–Kier alpha value is -0.160. The zero-order valence-corrected chi connectivity index (χ0v) is 15.2. The molecule has 0 aromatic rings. The fraction of sp³-hybridized carbons (Fsp3) is 1.00. The fourth-order valence-electron chi connectivity index (χ4n) is 3.08. The molecule has 0 aromatic heterocycles. The minimum absolute atomic E-state index is 0.332. The third-order valence-corrected chi connectivity index (χ3v) is 5.53. The molecule has 2 fully saturated rings. The normalized spacial score (nSPS) is 21.7. The number of unbranched alkanes of at least 4 members (excludes halogenated alkanes) is 4. The van der Waals surface area contributed by atoms with Gasteiger partial charge in [0, 0.05) is 24.0 Å². The summed E-state index contributed by atoms with van der Waals surface area (Å²) < 4.78 is 22.3. The van der Waals surface area contributed by atoms with E-state index in [1.807, 2.05) is 0 Å². The molecule has 2 rings (SSSR count). The standard InChI is InChI=1S/C19H36O4/c1-3-18(14-22-15-18)12-20-10-8-6-5-7-9-11-21-13-19(4-2)16-23-17-19/h3-17H2,1-2H3. The van der Waals surface area contributed by atoms with Gasteiger partial charge in [-0.3, -0.25) is 0 Å². The Balaban J connectivity index is 1.32. The summed E-state index contributed by atoms with van der Waals surface area (Å²) in [5.74, 6) is 0. The van der Waals surface area contributed by atoms with Gasteiger partial charge in [-0.15, -0.1) is 0 Å². The van der Waals surface area contributed by atoms with Crippen LogP contribution in [0.2, 0.25) is 0 Å². The van der Waals surface area contributed by atoms with E-state index in [4.69, 9.17) is 18.9 Å². The highest BCUT2D eigenvalue weighted by Gasteiger charge is 2.37. The molecule has 2 saturated heterocycles. The molecule has 0 atom stereocenters. The first kappa shape index (κ1) is 19.2. The first-order valence-electron chi connectivity index (χ1n) is 9.55. The van der Waals surface area contributed by atoms with Crippen molar-refractivity contribution >= 4 is 0 Å². The summed E-state index contributed by atoms with van der Waals surface area (Å²) in [6.07, 6.45) is 8.51. The Bertz CT molecular complexity index is 269. The van der Waals surface area contributed by atoms with Crippen molar-refractivity contribution in [3.8, 4) is 0 Å². The molecule has 0 aromatic carbocycles. The Morgan fingerprint density at radius 2 is 1.04 bits per heavy atom. The monoisotopic (exact) mass is 328 g/mol. The van der Waals surface area contributed by atoms with Crippen LogP contribution in [0.3, 0.4) is 0 Å². The summed E-state index contributed by atoms with van der Waals surface area (Å²) in [5, 5.41) is 0. The molecule has 0 amide bonds. The van der Waals surface area contributed by atoms with Crippen molar-refractivity contribution < 1.29 is 18.9 Å². The first-order valence-corrected chi connectivity index (χ1v) is 9.55. The second-order valence-corrected chi connectivity index (χ2v) is 7.57. The van der Waals surface area contributed by atoms with E-state index in [0.717, 1.165) is 52.9 Å². The third-order valence-electron chi connectivity index (χ3n) is 5.53. The molecule has 0 radical (unpaired) electrons. The maximum Gasteiger partial charge on any atom is 0.0566 e. The van der Waals surface area contributed by atoms with Gasteiger partial charge in [0.2, 0.25) is 0 Å².